The van der Waals surface area contributed by atoms with Crippen molar-refractivity contribution in [3.8, 4) is 0 Å². The topological polar surface area (TPSA) is 20.3 Å². The van der Waals surface area contributed by atoms with Crippen LogP contribution in [0.5, 0.6) is 0 Å². The van der Waals surface area contributed by atoms with Crippen molar-refractivity contribution in [1.29, 1.82) is 0 Å². The lowest BCUT2D eigenvalue weighted by atomic mass is 9.89. The van der Waals surface area contributed by atoms with E-state index in [-0.39, 0.29) is 0 Å². The lowest BCUT2D eigenvalue weighted by Crippen LogP contribution is -2.29. The summed E-state index contributed by atoms with van der Waals surface area (Å²) in [5, 5.41) is 0. The van der Waals surface area contributed by atoms with E-state index >= 15 is 0 Å². The van der Waals surface area contributed by atoms with Gasteiger partial charge in [0.2, 0.25) is 0 Å². The Morgan fingerprint density at radius 1 is 1.20 bits per heavy atom. The van der Waals surface area contributed by atoms with Crippen LogP contribution in [-0.2, 0) is 0 Å². The normalized spacial score (nSPS) is 19.0. The van der Waals surface area contributed by atoms with Gasteiger partial charge in [0.25, 0.3) is 0 Å². The molecule has 1 heterocycles. The number of piperidine rings is 1. The van der Waals surface area contributed by atoms with E-state index < -0.39 is 0 Å². The molecule has 0 radical (unpaired) electrons. The van der Waals surface area contributed by atoms with E-state index in [4.69, 9.17) is 0 Å². The van der Waals surface area contributed by atoms with E-state index in [0.717, 1.165) is 11.8 Å². The largest absolute Gasteiger partial charge is 0.306 e. The second-order valence-electron chi connectivity index (χ2n) is 4.36. The molecule has 0 spiro atoms. The summed E-state index contributed by atoms with van der Waals surface area (Å²) in [4.78, 5) is 12.9. The van der Waals surface area contributed by atoms with Gasteiger partial charge in [-0.1, -0.05) is 24.3 Å². The van der Waals surface area contributed by atoms with Crippen LogP contribution in [0, 0.1) is 0 Å². The number of carbonyl (C=O) groups excluding carboxylic acids is 1. The Kier molecular flexibility index (Phi) is 3.17. The van der Waals surface area contributed by atoms with E-state index in [1.54, 1.807) is 0 Å². The zero-order valence-electron chi connectivity index (χ0n) is 9.15. The Morgan fingerprint density at radius 3 is 2.33 bits per heavy atom. The molecule has 0 bridgehead atoms. The van der Waals surface area contributed by atoms with Crippen molar-refractivity contribution in [1.82, 2.24) is 4.90 Å². The molecule has 15 heavy (non-hydrogen) atoms. The highest BCUT2D eigenvalue weighted by atomic mass is 16.1. The zero-order valence-corrected chi connectivity index (χ0v) is 9.15. The third kappa shape index (κ3) is 2.45. The van der Waals surface area contributed by atoms with E-state index in [0.29, 0.717) is 5.92 Å². The van der Waals surface area contributed by atoms with Crippen LogP contribution in [0.3, 0.4) is 0 Å². The molecule has 2 rings (SSSR count). The van der Waals surface area contributed by atoms with Crippen LogP contribution in [0.2, 0.25) is 0 Å². The van der Waals surface area contributed by atoms with Crippen LogP contribution in [0.25, 0.3) is 0 Å². The Hall–Kier alpha value is -1.15. The minimum absolute atomic E-state index is 0.682. The monoisotopic (exact) mass is 203 g/mol. The van der Waals surface area contributed by atoms with Gasteiger partial charge in [0, 0.05) is 5.56 Å². The molecule has 1 aliphatic heterocycles. The summed E-state index contributed by atoms with van der Waals surface area (Å²) < 4.78 is 0. The molecule has 1 aromatic carbocycles. The van der Waals surface area contributed by atoms with Crippen LogP contribution in [0.4, 0.5) is 0 Å². The van der Waals surface area contributed by atoms with Crippen molar-refractivity contribution in [2.45, 2.75) is 18.8 Å². The Labute approximate surface area is 90.9 Å². The molecule has 0 aliphatic carbocycles. The molecular formula is C13H17NO. The van der Waals surface area contributed by atoms with Gasteiger partial charge in [0.05, 0.1) is 0 Å². The van der Waals surface area contributed by atoms with Gasteiger partial charge in [-0.05, 0) is 44.5 Å². The van der Waals surface area contributed by atoms with Crippen LogP contribution in [0.1, 0.15) is 34.7 Å². The van der Waals surface area contributed by atoms with Gasteiger partial charge in [-0.25, -0.2) is 0 Å². The first kappa shape index (κ1) is 10.4. The highest BCUT2D eigenvalue weighted by molar-refractivity contribution is 5.74. The van der Waals surface area contributed by atoms with Gasteiger partial charge < -0.3 is 4.90 Å². The Morgan fingerprint density at radius 2 is 1.80 bits per heavy atom. The lowest BCUT2D eigenvalue weighted by molar-refractivity contribution is 0.112. The summed E-state index contributed by atoms with van der Waals surface area (Å²) in [6.07, 6.45) is 3.37. The Bertz CT molecular complexity index is 323. The first-order valence-corrected chi connectivity index (χ1v) is 5.53. The van der Waals surface area contributed by atoms with Gasteiger partial charge >= 0.3 is 0 Å². The van der Waals surface area contributed by atoms with Crippen molar-refractivity contribution in [2.24, 2.45) is 0 Å². The highest BCUT2D eigenvalue weighted by Gasteiger charge is 2.17. The second kappa shape index (κ2) is 4.58. The summed E-state index contributed by atoms with van der Waals surface area (Å²) in [5.74, 6) is 0.682. The van der Waals surface area contributed by atoms with Gasteiger partial charge in [0.15, 0.2) is 0 Å². The number of rotatable bonds is 2. The van der Waals surface area contributed by atoms with Crippen molar-refractivity contribution >= 4 is 6.29 Å². The Balaban J connectivity index is 2.06. The van der Waals surface area contributed by atoms with E-state index in [1.165, 1.54) is 31.5 Å². The molecule has 80 valence electrons. The SMILES string of the molecule is CN1CCC(c2ccc(C=O)cc2)CC1. The molecule has 2 heteroatoms. The van der Waals surface area contributed by atoms with Gasteiger partial charge in [-0.3, -0.25) is 4.79 Å². The third-order valence-electron chi connectivity index (χ3n) is 3.26. The molecule has 0 amide bonds. The predicted molar refractivity (Wildman–Crippen MR) is 61.3 cm³/mol. The number of likely N-dealkylation sites (tertiary alicyclic amines) is 1. The maximum absolute atomic E-state index is 10.5. The van der Waals surface area contributed by atoms with Crippen LogP contribution in [0.15, 0.2) is 24.3 Å². The molecule has 1 saturated heterocycles. The summed E-state index contributed by atoms with van der Waals surface area (Å²) in [6, 6.07) is 8.03. The predicted octanol–water partition coefficient (Wildman–Crippen LogP) is 2.31. The lowest BCUT2D eigenvalue weighted by Gasteiger charge is -2.29. The van der Waals surface area contributed by atoms with E-state index in [2.05, 4.69) is 24.1 Å². The highest BCUT2D eigenvalue weighted by Crippen LogP contribution is 2.27. The molecule has 0 N–H and O–H groups in total. The first-order valence-electron chi connectivity index (χ1n) is 5.53. The van der Waals surface area contributed by atoms with Crippen LogP contribution in [-0.4, -0.2) is 31.3 Å². The molecule has 0 atom stereocenters. The quantitative estimate of drug-likeness (QED) is 0.687. The first-order chi connectivity index (χ1) is 7.29. The molecule has 1 aliphatic rings. The van der Waals surface area contributed by atoms with Gasteiger partial charge in [-0.2, -0.15) is 0 Å². The van der Waals surface area contributed by atoms with Gasteiger partial charge in [-0.15, -0.1) is 0 Å². The van der Waals surface area contributed by atoms with Crippen LogP contribution < -0.4 is 0 Å². The van der Waals surface area contributed by atoms with Crippen molar-refractivity contribution in [3.63, 3.8) is 0 Å². The fourth-order valence-electron chi connectivity index (χ4n) is 2.19. The average Bonchev–Trinajstić information content (AvgIpc) is 2.30. The number of hydrogen-bond acceptors (Lipinski definition) is 2. The fourth-order valence-corrected chi connectivity index (χ4v) is 2.19. The van der Waals surface area contributed by atoms with Crippen molar-refractivity contribution < 1.29 is 4.79 Å². The second-order valence-corrected chi connectivity index (χ2v) is 4.36. The minimum Gasteiger partial charge on any atom is -0.306 e. The summed E-state index contributed by atoms with van der Waals surface area (Å²) >= 11 is 0. The molecule has 0 saturated carbocycles. The van der Waals surface area contributed by atoms with Gasteiger partial charge in [0.1, 0.15) is 6.29 Å². The molecule has 0 unspecified atom stereocenters. The summed E-state index contributed by atoms with van der Waals surface area (Å²) in [7, 11) is 2.17. The maximum Gasteiger partial charge on any atom is 0.150 e. The molecular weight excluding hydrogens is 186 g/mol. The molecule has 1 fully saturated rings. The smallest absolute Gasteiger partial charge is 0.150 e. The number of nitrogens with zero attached hydrogens (tertiary/aromatic N) is 1. The fraction of sp³-hybridized carbons (Fsp3) is 0.462. The third-order valence-corrected chi connectivity index (χ3v) is 3.26. The van der Waals surface area contributed by atoms with Crippen molar-refractivity contribution in [3.05, 3.63) is 35.4 Å². The minimum atomic E-state index is 0.682. The van der Waals surface area contributed by atoms with Crippen molar-refractivity contribution in [2.75, 3.05) is 20.1 Å². The number of carbonyl (C=O) groups is 1. The number of benzene rings is 1. The van der Waals surface area contributed by atoms with Crippen LogP contribution >= 0.6 is 0 Å². The standard InChI is InChI=1S/C13H17NO/c1-14-8-6-13(7-9-14)12-4-2-11(10-15)3-5-12/h2-5,10,13H,6-9H2,1H3. The molecule has 1 aromatic rings. The molecule has 0 aromatic heterocycles. The maximum atomic E-state index is 10.5. The molecule has 2 nitrogen and oxygen atoms in total. The zero-order chi connectivity index (χ0) is 10.7. The number of hydrogen-bond donors (Lipinski definition) is 0. The van der Waals surface area contributed by atoms with E-state index in [9.17, 15) is 4.79 Å². The average molecular weight is 203 g/mol. The van der Waals surface area contributed by atoms with E-state index in [1.807, 2.05) is 12.1 Å². The summed E-state index contributed by atoms with van der Waals surface area (Å²) in [6.45, 7) is 2.36. The summed E-state index contributed by atoms with van der Waals surface area (Å²) in [5.41, 5.74) is 2.15. The number of aldehydes is 1.